The lowest BCUT2D eigenvalue weighted by atomic mass is 9.76. The minimum absolute atomic E-state index is 0.0683. The van der Waals surface area contributed by atoms with E-state index < -0.39 is 5.60 Å². The first-order chi connectivity index (χ1) is 12.5. The fourth-order valence-corrected chi connectivity index (χ4v) is 3.80. The second-order valence-electron chi connectivity index (χ2n) is 7.10. The van der Waals surface area contributed by atoms with Gasteiger partial charge < -0.3 is 14.6 Å². The van der Waals surface area contributed by atoms with Crippen molar-refractivity contribution in [3.63, 3.8) is 0 Å². The van der Waals surface area contributed by atoms with Gasteiger partial charge >= 0.3 is 5.97 Å². The average molecular weight is 357 g/mol. The number of aliphatic hydroxyl groups is 1. The van der Waals surface area contributed by atoms with Crippen LogP contribution in [0.3, 0.4) is 0 Å². The van der Waals surface area contributed by atoms with Gasteiger partial charge in [0.2, 0.25) is 0 Å². The zero-order valence-corrected chi connectivity index (χ0v) is 15.5. The summed E-state index contributed by atoms with van der Waals surface area (Å²) in [5.41, 5.74) is 1.38. The molecule has 1 fully saturated rings. The van der Waals surface area contributed by atoms with Crippen LogP contribution in [0.5, 0.6) is 5.75 Å². The van der Waals surface area contributed by atoms with E-state index in [9.17, 15) is 9.90 Å². The molecule has 5 heteroatoms. The smallest absolute Gasteiger partial charge is 0.308 e. The number of benzene rings is 1. The molecule has 0 aliphatic heterocycles. The van der Waals surface area contributed by atoms with Crippen molar-refractivity contribution in [3.05, 3.63) is 36.0 Å². The van der Waals surface area contributed by atoms with E-state index in [0.717, 1.165) is 28.6 Å². The summed E-state index contributed by atoms with van der Waals surface area (Å²) in [6, 6.07) is 7.87. The molecule has 1 aromatic heterocycles. The van der Waals surface area contributed by atoms with Gasteiger partial charge in [0.05, 0.1) is 30.8 Å². The highest BCUT2D eigenvalue weighted by Crippen LogP contribution is 2.36. The molecule has 1 aliphatic carbocycles. The highest BCUT2D eigenvalue weighted by Gasteiger charge is 2.36. The minimum Gasteiger partial charge on any atom is -0.497 e. The lowest BCUT2D eigenvalue weighted by Crippen LogP contribution is -2.37. The molecular weight excluding hydrogens is 330 g/mol. The van der Waals surface area contributed by atoms with Crippen LogP contribution in [0.2, 0.25) is 0 Å². The van der Waals surface area contributed by atoms with Crippen molar-refractivity contribution in [1.29, 1.82) is 0 Å². The van der Waals surface area contributed by atoms with Crippen molar-refractivity contribution in [2.24, 2.45) is 5.92 Å². The van der Waals surface area contributed by atoms with Crippen molar-refractivity contribution in [2.75, 3.05) is 13.7 Å². The molecule has 0 atom stereocenters. The van der Waals surface area contributed by atoms with Gasteiger partial charge in [0.25, 0.3) is 0 Å². The average Bonchev–Trinajstić information content (AvgIpc) is 2.66. The second-order valence-corrected chi connectivity index (χ2v) is 7.10. The van der Waals surface area contributed by atoms with E-state index >= 15 is 0 Å². The van der Waals surface area contributed by atoms with Gasteiger partial charge in [-0.25, -0.2) is 0 Å². The number of hydrogen-bond acceptors (Lipinski definition) is 5. The molecule has 3 rings (SSSR count). The number of hydrogen-bond donors (Lipinski definition) is 1. The third-order valence-corrected chi connectivity index (χ3v) is 5.43. The number of ether oxygens (including phenoxy) is 2. The Kier molecular flexibility index (Phi) is 5.77. The van der Waals surface area contributed by atoms with Crippen LogP contribution in [-0.2, 0) is 16.0 Å². The summed E-state index contributed by atoms with van der Waals surface area (Å²) >= 11 is 0. The number of esters is 1. The lowest BCUT2D eigenvalue weighted by Gasteiger charge is -2.35. The van der Waals surface area contributed by atoms with Crippen molar-refractivity contribution >= 4 is 16.9 Å². The first kappa shape index (κ1) is 18.6. The SMILES string of the molecule is CCOC(=O)C1CCC(O)(CCc2ccnc3ccc(OC)cc23)CC1. The summed E-state index contributed by atoms with van der Waals surface area (Å²) < 4.78 is 10.4. The molecule has 0 bridgehead atoms. The summed E-state index contributed by atoms with van der Waals surface area (Å²) in [6.07, 6.45) is 5.93. The van der Waals surface area contributed by atoms with Gasteiger partial charge in [-0.3, -0.25) is 9.78 Å². The first-order valence-corrected chi connectivity index (χ1v) is 9.35. The lowest BCUT2D eigenvalue weighted by molar-refractivity contribution is -0.151. The van der Waals surface area contributed by atoms with Crippen LogP contribution in [0, 0.1) is 5.92 Å². The second kappa shape index (κ2) is 8.04. The molecule has 1 N–H and O–H groups in total. The van der Waals surface area contributed by atoms with Crippen molar-refractivity contribution < 1.29 is 19.4 Å². The first-order valence-electron chi connectivity index (χ1n) is 9.35. The maximum atomic E-state index is 11.9. The molecule has 1 aliphatic rings. The molecule has 0 saturated heterocycles. The third kappa shape index (κ3) is 4.15. The van der Waals surface area contributed by atoms with Crippen molar-refractivity contribution in [1.82, 2.24) is 4.98 Å². The van der Waals surface area contributed by atoms with E-state index in [2.05, 4.69) is 4.98 Å². The molecule has 1 aromatic carbocycles. The number of rotatable bonds is 6. The van der Waals surface area contributed by atoms with Gasteiger partial charge in [-0.2, -0.15) is 0 Å². The molecule has 0 unspecified atom stereocenters. The minimum atomic E-state index is -0.711. The number of fused-ring (bicyclic) bond motifs is 1. The zero-order valence-electron chi connectivity index (χ0n) is 15.5. The van der Waals surface area contributed by atoms with E-state index in [0.29, 0.717) is 38.7 Å². The van der Waals surface area contributed by atoms with Crippen LogP contribution >= 0.6 is 0 Å². The number of methoxy groups -OCH3 is 1. The Morgan fingerprint density at radius 1 is 1.31 bits per heavy atom. The third-order valence-electron chi connectivity index (χ3n) is 5.43. The number of aryl methyl sites for hydroxylation is 1. The maximum Gasteiger partial charge on any atom is 0.308 e. The van der Waals surface area contributed by atoms with Gasteiger partial charge in [0.1, 0.15) is 5.75 Å². The normalized spacial score (nSPS) is 23.0. The monoisotopic (exact) mass is 357 g/mol. The highest BCUT2D eigenvalue weighted by atomic mass is 16.5. The molecule has 0 radical (unpaired) electrons. The van der Waals surface area contributed by atoms with E-state index in [1.165, 1.54) is 0 Å². The number of nitrogens with zero attached hydrogens (tertiary/aromatic N) is 1. The summed E-state index contributed by atoms with van der Waals surface area (Å²) in [5, 5.41) is 12.0. The van der Waals surface area contributed by atoms with Gasteiger partial charge in [-0.1, -0.05) is 0 Å². The van der Waals surface area contributed by atoms with Gasteiger partial charge in [-0.15, -0.1) is 0 Å². The number of carbonyl (C=O) groups excluding carboxylic acids is 1. The van der Waals surface area contributed by atoms with Gasteiger partial charge in [0.15, 0.2) is 0 Å². The molecule has 5 nitrogen and oxygen atoms in total. The topological polar surface area (TPSA) is 68.7 Å². The van der Waals surface area contributed by atoms with Gasteiger partial charge in [0, 0.05) is 11.6 Å². The number of aromatic nitrogens is 1. The molecule has 1 heterocycles. The van der Waals surface area contributed by atoms with Crippen molar-refractivity contribution in [3.8, 4) is 5.75 Å². The molecular formula is C21H27NO4. The summed E-state index contributed by atoms with van der Waals surface area (Å²) in [5.74, 6) is 0.614. The maximum absolute atomic E-state index is 11.9. The standard InChI is InChI=1S/C21H27NO4/c1-3-26-20(23)16-7-11-21(24,12-8-16)10-6-15-9-13-22-19-5-4-17(25-2)14-18(15)19/h4-5,9,13-14,16,24H,3,6-8,10-12H2,1-2H3. The Bertz CT molecular complexity index is 766. The molecule has 2 aromatic rings. The number of pyridine rings is 1. The Balaban J connectivity index is 1.66. The van der Waals surface area contributed by atoms with E-state index in [-0.39, 0.29) is 11.9 Å². The van der Waals surface area contributed by atoms with Crippen LogP contribution in [-0.4, -0.2) is 35.4 Å². The number of carbonyl (C=O) groups is 1. The predicted octanol–water partition coefficient (Wildman–Crippen LogP) is 3.66. The summed E-state index contributed by atoms with van der Waals surface area (Å²) in [7, 11) is 1.65. The molecule has 1 saturated carbocycles. The quantitative estimate of drug-likeness (QED) is 0.799. The Hall–Kier alpha value is -2.14. The molecule has 0 amide bonds. The fraction of sp³-hybridized carbons (Fsp3) is 0.524. The van der Waals surface area contributed by atoms with Crippen LogP contribution in [0.4, 0.5) is 0 Å². The van der Waals surface area contributed by atoms with Gasteiger partial charge in [-0.05, 0) is 75.3 Å². The summed E-state index contributed by atoms with van der Waals surface area (Å²) in [4.78, 5) is 16.3. The van der Waals surface area contributed by atoms with E-state index in [4.69, 9.17) is 9.47 Å². The van der Waals surface area contributed by atoms with Crippen LogP contribution < -0.4 is 4.74 Å². The van der Waals surface area contributed by atoms with E-state index in [1.54, 1.807) is 7.11 Å². The largest absolute Gasteiger partial charge is 0.497 e. The Labute approximate surface area is 154 Å². The Morgan fingerprint density at radius 3 is 2.77 bits per heavy atom. The fourth-order valence-electron chi connectivity index (χ4n) is 3.80. The van der Waals surface area contributed by atoms with Crippen LogP contribution in [0.15, 0.2) is 30.5 Å². The Morgan fingerprint density at radius 2 is 2.08 bits per heavy atom. The molecule has 26 heavy (non-hydrogen) atoms. The molecule has 0 spiro atoms. The van der Waals surface area contributed by atoms with Crippen molar-refractivity contribution in [2.45, 2.75) is 51.0 Å². The highest BCUT2D eigenvalue weighted by molar-refractivity contribution is 5.83. The van der Waals surface area contributed by atoms with Crippen LogP contribution in [0.25, 0.3) is 10.9 Å². The zero-order chi connectivity index (χ0) is 18.6. The van der Waals surface area contributed by atoms with Crippen LogP contribution in [0.1, 0.15) is 44.6 Å². The molecule has 140 valence electrons. The summed E-state index contributed by atoms with van der Waals surface area (Å²) in [6.45, 7) is 2.24. The van der Waals surface area contributed by atoms with E-state index in [1.807, 2.05) is 37.4 Å². The predicted molar refractivity (Wildman–Crippen MR) is 100 cm³/mol.